The first-order valence-corrected chi connectivity index (χ1v) is 51.9. The Morgan fingerprint density at radius 2 is 0.730 bits per heavy atom. The number of esters is 4. The fraction of sp³-hybridized carbons (Fsp3) is 0.808. The second-order valence-electron chi connectivity index (χ2n) is 41.9. The van der Waals surface area contributed by atoms with E-state index in [9.17, 15) is 71.9 Å². The Morgan fingerprint density at radius 1 is 0.459 bits per heavy atom. The summed E-state index contributed by atoms with van der Waals surface area (Å²) in [7, 11) is 11.5. The summed E-state index contributed by atoms with van der Waals surface area (Å²) in [6.45, 7) is 63.8. The van der Waals surface area contributed by atoms with E-state index < -0.39 is 62.2 Å². The summed E-state index contributed by atoms with van der Waals surface area (Å²) in [4.78, 5) is 192. The minimum absolute atomic E-state index is 0. The van der Waals surface area contributed by atoms with Crippen LogP contribution in [0.15, 0.2) is 23.3 Å². The van der Waals surface area contributed by atoms with Gasteiger partial charge < -0.3 is 139 Å². The number of hydrogen-bond donors (Lipinski definition) is 3. The third-order valence-corrected chi connectivity index (χ3v) is 23.7. The first-order valence-electron chi connectivity index (χ1n) is 50.8. The van der Waals surface area contributed by atoms with Gasteiger partial charge in [0.05, 0.1) is 59.4 Å². The molecular weight excluding hydrogens is 2090 g/mol. The zero-order valence-electron chi connectivity index (χ0n) is 96.5. The molecule has 0 bridgehead atoms. The number of likely N-dealkylation sites (tertiary alicyclic amines) is 7. The summed E-state index contributed by atoms with van der Waals surface area (Å²) >= 11 is 3.27. The number of hydrogen-bond acceptors (Lipinski definition) is 31. The quantitative estimate of drug-likeness (QED) is 0.0149. The van der Waals surface area contributed by atoms with Gasteiger partial charge in [-0.1, -0.05) is 39.2 Å². The van der Waals surface area contributed by atoms with Gasteiger partial charge in [0.2, 0.25) is 17.8 Å². The second-order valence-corrected chi connectivity index (χ2v) is 42.6. The first kappa shape index (κ1) is 155. The molecule has 0 aromatic carbocycles. The average Bonchev–Trinajstić information content (AvgIpc) is 1.65. The number of aldehydes is 1. The third kappa shape index (κ3) is 65.4. The topological polar surface area (TPSA) is 449 Å². The summed E-state index contributed by atoms with van der Waals surface area (Å²) in [5.41, 5.74) is 2.57. The molecular formula is C104H188BBr2ClMgN10NaO28. The predicted octanol–water partition coefficient (Wildman–Crippen LogP) is 10.2. The zero-order valence-corrected chi connectivity index (χ0v) is 104. The SMILES string of the molecule is C1CCOC1.CC(=O)OOC(C)=O.CC(C)=CCBr.CCOC(=O)C1(CC=C(C)C)CCN(C(=O)OC(C)(C)C)CC1.CCOC(=O)C1(CC=O)CCN(C(=O)OC(C)(C)C)CC1.CCOC(=O)C1(CCNC)CCN(C(=O)OC(C)(C)C)CC1.CCOC(=O)C1CCN(C(=O)OC(C)(C)C)CC1.CN.CN1CCC2(CCN(C(=O)OC(C)(C)C)CC2)C1=O.CN1CCC2(CCNCC2)C1=O.C[CH-]C.Cl.[B-]OC(C)=O.[Br-].[Mg+2].[Na+]. The van der Waals surface area contributed by atoms with Crippen LogP contribution in [-0.2, 0) is 110 Å². The summed E-state index contributed by atoms with van der Waals surface area (Å²) in [5.74, 6) is -1.99. The smallest absolute Gasteiger partial charge is 1.00 e. The van der Waals surface area contributed by atoms with Gasteiger partial charge in [-0.15, -0.1) is 12.4 Å². The van der Waals surface area contributed by atoms with Crippen LogP contribution in [-0.4, -0.2) is 355 Å². The number of carbonyl (C=O) groups is 15. The standard InChI is InChI=1S/C18H31NO4.C16H30N2O4.C15H25NO5.C14H24N2O3.C13H23NO4.C9H16N2O.C5H9Br.C4H6O4.C4H8O.C3H7.C2H3BO2.CH5N.BrH.ClH.Mg.Na/c1-7-22-15(20)18(9-8-14(2)3)10-12-19(13-11-18)16(21)23-17(4,5)6;1-6-21-13(19)16(7-10-17-5)8-11-18(12-9-16)14(20)22-15(2,3)4;1-5-20-12(18)15(8-11-17)6-9-16(10-7-15)13(19)21-14(2,3)4;1-13(2,3)19-12(18)16-9-6-14(7-10-16)5-8-15(4)11(14)17;1-5-17-11(15)10-6-8-14(9-7-10)12(16)18-13(2,3)4;1-11-7-4-9(8(11)12)2-5-10-6-3-9;1-5(2)3-4-6;1-3(5)7-8-4(2)6;1-2-4-5-3-1;1-3-2;1-2(4)5-3;1-2;;;;/h8H,7,9-13H2,1-6H3;17H,6-12H2,1-5H3;11H,5-10H2,1-4H3;5-10H2,1-4H3;10H,5-9H2,1-4H3;10H,2-7H2,1H3;3H,4H2,1-2H3;1-2H3;1-4H2;3H,1-2H3;1H3;2H2,1H3;2*1H;;/q;;;;;;;;;2*-1;;;;+2;+1/p-1. The Balaban J connectivity index is -0.000000305. The second kappa shape index (κ2) is 79.6. The van der Waals surface area contributed by atoms with Crippen molar-refractivity contribution in [2.75, 3.05) is 171 Å². The number of ether oxygens (including phenoxy) is 10. The molecule has 4 N–H and O–H groups in total. The van der Waals surface area contributed by atoms with Crippen LogP contribution in [0, 0.1) is 39.4 Å². The van der Waals surface area contributed by atoms with Crippen molar-refractivity contribution >= 4 is 150 Å². The Kier molecular flexibility index (Phi) is 83.1. The molecule has 3 radical (unpaired) electrons. The number of alkyl halides is 1. The van der Waals surface area contributed by atoms with Gasteiger partial charge in [-0.25, -0.2) is 43.3 Å². The minimum Gasteiger partial charge on any atom is -1.00 e. The fourth-order valence-electron chi connectivity index (χ4n) is 15.6. The molecule has 9 saturated heterocycles. The van der Waals surface area contributed by atoms with Crippen LogP contribution >= 0.6 is 28.3 Å². The summed E-state index contributed by atoms with van der Waals surface area (Å²) < 4.78 is 55.9. The Morgan fingerprint density at radius 3 is 0.959 bits per heavy atom. The van der Waals surface area contributed by atoms with Gasteiger partial charge in [-0.3, -0.25) is 33.6 Å². The van der Waals surface area contributed by atoms with E-state index in [4.69, 9.17) is 47.4 Å². The van der Waals surface area contributed by atoms with Crippen LogP contribution in [0.3, 0.4) is 0 Å². The van der Waals surface area contributed by atoms with E-state index in [-0.39, 0.29) is 172 Å². The van der Waals surface area contributed by atoms with E-state index in [0.717, 1.165) is 116 Å². The molecule has 0 unspecified atom stereocenters. The van der Waals surface area contributed by atoms with Gasteiger partial charge in [-0.05, 0) is 309 Å². The molecule has 44 heteroatoms. The van der Waals surface area contributed by atoms with Crippen molar-refractivity contribution in [3.63, 3.8) is 0 Å². The molecule has 0 saturated carbocycles. The third-order valence-electron chi connectivity index (χ3n) is 23.4. The van der Waals surface area contributed by atoms with Crippen molar-refractivity contribution in [1.82, 2.24) is 44.9 Å². The molecule has 148 heavy (non-hydrogen) atoms. The molecule has 9 rings (SSSR count). The maximum atomic E-state index is 12.5. The molecule has 7 amide bonds. The Labute approximate surface area is 951 Å². The van der Waals surface area contributed by atoms with Crippen molar-refractivity contribution in [2.45, 2.75) is 344 Å². The Hall–Kier alpha value is -6.35. The van der Waals surface area contributed by atoms with E-state index in [0.29, 0.717) is 149 Å². The van der Waals surface area contributed by atoms with Crippen LogP contribution in [0.2, 0.25) is 0 Å². The largest absolute Gasteiger partial charge is 2.00 e. The predicted molar refractivity (Wildman–Crippen MR) is 570 cm³/mol. The zero-order chi connectivity index (χ0) is 111. The first-order chi connectivity index (χ1) is 67.0. The van der Waals surface area contributed by atoms with E-state index in [1.165, 1.54) is 38.0 Å². The number of nitrogens with one attached hydrogen (secondary N) is 2. The van der Waals surface area contributed by atoms with Crippen molar-refractivity contribution in [2.24, 2.45) is 38.7 Å². The molecule has 9 aliphatic heterocycles. The molecule has 38 nitrogen and oxygen atoms in total. The van der Waals surface area contributed by atoms with E-state index >= 15 is 0 Å². The van der Waals surface area contributed by atoms with Gasteiger partial charge in [0.25, 0.3) is 0 Å². The number of amides is 7. The van der Waals surface area contributed by atoms with Crippen LogP contribution < -0.4 is 62.9 Å². The van der Waals surface area contributed by atoms with Crippen LogP contribution in [0.1, 0.15) is 316 Å². The van der Waals surface area contributed by atoms with Gasteiger partial charge in [0.15, 0.2) is 0 Å². The molecule has 9 aliphatic rings. The number of allylic oxidation sites excluding steroid dienone is 4. The summed E-state index contributed by atoms with van der Waals surface area (Å²) in [5, 5.41) is 7.37. The molecule has 0 aliphatic carbocycles. The van der Waals surface area contributed by atoms with Crippen molar-refractivity contribution < 1.29 is 180 Å². The summed E-state index contributed by atoms with van der Waals surface area (Å²) in [6, 6.07) is 0. The number of halogens is 3. The van der Waals surface area contributed by atoms with Crippen molar-refractivity contribution in [1.29, 1.82) is 0 Å². The number of piperidine rings is 6. The van der Waals surface area contributed by atoms with Gasteiger partial charge in [-0.2, -0.15) is 13.8 Å². The molecule has 9 fully saturated rings. The maximum absolute atomic E-state index is 12.5. The molecule has 0 atom stereocenters. The molecule has 0 aromatic heterocycles. The Bertz CT molecular complexity index is 3860. The van der Waals surface area contributed by atoms with Crippen molar-refractivity contribution in [3.8, 4) is 0 Å². The van der Waals surface area contributed by atoms with Gasteiger partial charge in [0.1, 0.15) is 34.3 Å². The van der Waals surface area contributed by atoms with Gasteiger partial charge >= 0.3 is 119 Å². The monoisotopic (exact) mass is 2280 g/mol. The molecule has 9 heterocycles. The number of nitrogens with zero attached hydrogens (tertiary/aromatic N) is 7. The fourth-order valence-corrected chi connectivity index (χ4v) is 16.2. The molecule has 0 aromatic rings. The van der Waals surface area contributed by atoms with E-state index in [2.05, 4.69) is 80.8 Å². The number of rotatable bonds is 16. The summed E-state index contributed by atoms with van der Waals surface area (Å²) in [6.07, 6.45) is 19.7. The average molecular weight is 2280 g/mol. The van der Waals surface area contributed by atoms with E-state index in [1.54, 1.807) is 38.3 Å². The number of carbonyl (C=O) groups excluding carboxylic acids is 15. The maximum Gasteiger partial charge on any atom is 2.00 e. The van der Waals surface area contributed by atoms with Crippen LogP contribution in [0.4, 0.5) is 24.0 Å². The van der Waals surface area contributed by atoms with Crippen molar-refractivity contribution in [3.05, 3.63) is 29.7 Å². The van der Waals surface area contributed by atoms with E-state index in [1.807, 2.05) is 183 Å². The minimum atomic E-state index is -0.795. The number of nitrogens with two attached hydrogens (primary N) is 1. The molecule has 849 valence electrons. The normalized spacial score (nSPS) is 17.2. The molecule has 2 spiro atoms. The van der Waals surface area contributed by atoms with Crippen LogP contribution in [0.5, 0.6) is 0 Å². The van der Waals surface area contributed by atoms with Gasteiger partial charge in [0, 0.05) is 138 Å². The van der Waals surface area contributed by atoms with Crippen LogP contribution in [0.25, 0.3) is 0 Å².